The van der Waals surface area contributed by atoms with E-state index in [1.165, 1.54) is 17.4 Å². The van der Waals surface area contributed by atoms with Gasteiger partial charge in [-0.3, -0.25) is 10.1 Å². The second-order valence-corrected chi connectivity index (χ2v) is 7.08. The molecular weight excluding hydrogens is 380 g/mol. The summed E-state index contributed by atoms with van der Waals surface area (Å²) < 4.78 is 5.54. The Kier molecular flexibility index (Phi) is 6.63. The molecule has 1 aromatic heterocycles. The van der Waals surface area contributed by atoms with E-state index in [1.807, 2.05) is 53.9 Å². The van der Waals surface area contributed by atoms with E-state index in [0.717, 1.165) is 29.0 Å². The van der Waals surface area contributed by atoms with Crippen molar-refractivity contribution in [1.82, 2.24) is 4.98 Å². The molecule has 1 amide bonds. The SMILES string of the molecule is CCCOc1ccc(/C=C/C(=O)Nc2nc(-c3ccc(Cl)cc3)cs2)cc1. The van der Waals surface area contributed by atoms with Crippen LogP contribution in [0.4, 0.5) is 5.13 Å². The molecule has 0 saturated carbocycles. The van der Waals surface area contributed by atoms with E-state index in [-0.39, 0.29) is 5.91 Å². The van der Waals surface area contributed by atoms with Gasteiger partial charge < -0.3 is 4.74 Å². The first-order chi connectivity index (χ1) is 13.1. The van der Waals surface area contributed by atoms with E-state index in [2.05, 4.69) is 17.2 Å². The number of carbonyl (C=O) groups is 1. The zero-order valence-corrected chi connectivity index (χ0v) is 16.4. The molecule has 1 N–H and O–H groups in total. The number of hydrogen-bond donors (Lipinski definition) is 1. The molecule has 0 bridgehead atoms. The number of nitrogens with one attached hydrogen (secondary N) is 1. The fraction of sp³-hybridized carbons (Fsp3) is 0.143. The summed E-state index contributed by atoms with van der Waals surface area (Å²) in [7, 11) is 0. The van der Waals surface area contributed by atoms with Crippen molar-refractivity contribution in [3.63, 3.8) is 0 Å². The molecule has 1 heterocycles. The maximum Gasteiger partial charge on any atom is 0.250 e. The molecule has 0 aliphatic carbocycles. The highest BCUT2D eigenvalue weighted by Gasteiger charge is 2.06. The van der Waals surface area contributed by atoms with E-state index < -0.39 is 0 Å². The van der Waals surface area contributed by atoms with Crippen LogP contribution in [0.15, 0.2) is 60.0 Å². The van der Waals surface area contributed by atoms with Crippen LogP contribution >= 0.6 is 22.9 Å². The first kappa shape index (κ1) is 19.1. The first-order valence-electron chi connectivity index (χ1n) is 8.57. The smallest absolute Gasteiger partial charge is 0.250 e. The van der Waals surface area contributed by atoms with Gasteiger partial charge in [-0.2, -0.15) is 0 Å². The second-order valence-electron chi connectivity index (χ2n) is 5.78. The number of carbonyl (C=O) groups excluding carboxylic acids is 1. The van der Waals surface area contributed by atoms with Gasteiger partial charge in [0.15, 0.2) is 5.13 Å². The fourth-order valence-corrected chi connectivity index (χ4v) is 3.15. The number of anilines is 1. The number of ether oxygens (including phenoxy) is 1. The number of thiazole rings is 1. The monoisotopic (exact) mass is 398 g/mol. The average Bonchev–Trinajstić information content (AvgIpc) is 3.14. The van der Waals surface area contributed by atoms with Crippen LogP contribution in [0, 0.1) is 0 Å². The van der Waals surface area contributed by atoms with Gasteiger partial charge in [-0.25, -0.2) is 4.98 Å². The summed E-state index contributed by atoms with van der Waals surface area (Å²) in [6.45, 7) is 2.76. The van der Waals surface area contributed by atoms with Crippen LogP contribution in [-0.2, 0) is 4.79 Å². The van der Waals surface area contributed by atoms with Gasteiger partial charge in [-0.15, -0.1) is 11.3 Å². The number of halogens is 1. The van der Waals surface area contributed by atoms with Crippen molar-refractivity contribution in [2.45, 2.75) is 13.3 Å². The van der Waals surface area contributed by atoms with Crippen LogP contribution in [0.1, 0.15) is 18.9 Å². The molecule has 4 nitrogen and oxygen atoms in total. The molecule has 2 aromatic carbocycles. The summed E-state index contributed by atoms with van der Waals surface area (Å²) >= 11 is 7.28. The molecular formula is C21H19ClN2O2S. The van der Waals surface area contributed by atoms with Crippen LogP contribution in [0.25, 0.3) is 17.3 Å². The molecule has 0 fully saturated rings. The lowest BCUT2D eigenvalue weighted by molar-refractivity contribution is -0.111. The molecule has 0 atom stereocenters. The van der Waals surface area contributed by atoms with Crippen molar-refractivity contribution in [3.8, 4) is 17.0 Å². The van der Waals surface area contributed by atoms with Crippen molar-refractivity contribution < 1.29 is 9.53 Å². The maximum atomic E-state index is 12.1. The molecule has 0 unspecified atom stereocenters. The van der Waals surface area contributed by atoms with E-state index in [0.29, 0.717) is 16.8 Å². The summed E-state index contributed by atoms with van der Waals surface area (Å²) in [4.78, 5) is 16.5. The Hall–Kier alpha value is -2.63. The zero-order chi connectivity index (χ0) is 19.1. The largest absolute Gasteiger partial charge is 0.494 e. The van der Waals surface area contributed by atoms with E-state index in [4.69, 9.17) is 16.3 Å². The van der Waals surface area contributed by atoms with E-state index in [1.54, 1.807) is 6.08 Å². The van der Waals surface area contributed by atoms with Crippen LogP contribution < -0.4 is 10.1 Å². The number of nitrogens with zero attached hydrogens (tertiary/aromatic N) is 1. The highest BCUT2D eigenvalue weighted by molar-refractivity contribution is 7.14. The molecule has 0 aliphatic rings. The molecule has 0 radical (unpaired) electrons. The molecule has 27 heavy (non-hydrogen) atoms. The molecule has 0 aliphatic heterocycles. The molecule has 3 rings (SSSR count). The van der Waals surface area contributed by atoms with Gasteiger partial charge in [0.05, 0.1) is 12.3 Å². The third kappa shape index (κ3) is 5.67. The Bertz CT molecular complexity index is 918. The van der Waals surface area contributed by atoms with Crippen molar-refractivity contribution in [2.24, 2.45) is 0 Å². The van der Waals surface area contributed by atoms with Gasteiger partial charge in [0, 0.05) is 22.0 Å². The Labute approximate surface area is 167 Å². The number of rotatable bonds is 7. The van der Waals surface area contributed by atoms with Gasteiger partial charge in [-0.05, 0) is 42.3 Å². The van der Waals surface area contributed by atoms with Crippen molar-refractivity contribution in [1.29, 1.82) is 0 Å². The highest BCUT2D eigenvalue weighted by atomic mass is 35.5. The van der Waals surface area contributed by atoms with Crippen LogP contribution in [-0.4, -0.2) is 17.5 Å². The Morgan fingerprint density at radius 3 is 2.63 bits per heavy atom. The van der Waals surface area contributed by atoms with Crippen LogP contribution in [0.2, 0.25) is 5.02 Å². The molecule has 0 saturated heterocycles. The summed E-state index contributed by atoms with van der Waals surface area (Å²) in [5.74, 6) is 0.606. The molecule has 138 valence electrons. The molecule has 0 spiro atoms. The van der Waals surface area contributed by atoms with E-state index >= 15 is 0 Å². The topological polar surface area (TPSA) is 51.2 Å². The number of hydrogen-bond acceptors (Lipinski definition) is 4. The van der Waals surface area contributed by atoms with Crippen LogP contribution in [0.5, 0.6) is 5.75 Å². The van der Waals surface area contributed by atoms with Gasteiger partial charge in [0.1, 0.15) is 5.75 Å². The van der Waals surface area contributed by atoms with Crippen molar-refractivity contribution in [2.75, 3.05) is 11.9 Å². The summed E-state index contributed by atoms with van der Waals surface area (Å²) in [6, 6.07) is 15.0. The second kappa shape index (κ2) is 9.35. The van der Waals surface area contributed by atoms with Gasteiger partial charge in [-0.1, -0.05) is 42.8 Å². The molecule has 6 heteroatoms. The van der Waals surface area contributed by atoms with Crippen molar-refractivity contribution in [3.05, 3.63) is 70.6 Å². The lowest BCUT2D eigenvalue weighted by Crippen LogP contribution is -2.07. The number of amides is 1. The van der Waals surface area contributed by atoms with Crippen LogP contribution in [0.3, 0.4) is 0 Å². The zero-order valence-electron chi connectivity index (χ0n) is 14.8. The lowest BCUT2D eigenvalue weighted by Gasteiger charge is -2.04. The predicted molar refractivity (Wildman–Crippen MR) is 112 cm³/mol. The quantitative estimate of drug-likeness (QED) is 0.504. The maximum absolute atomic E-state index is 12.1. The first-order valence-corrected chi connectivity index (χ1v) is 9.83. The van der Waals surface area contributed by atoms with Gasteiger partial charge in [0.25, 0.3) is 0 Å². The highest BCUT2D eigenvalue weighted by Crippen LogP contribution is 2.26. The standard InChI is InChI=1S/C21H19ClN2O2S/c1-2-13-26-18-10-3-15(4-11-18)5-12-20(25)24-21-23-19(14-27-21)16-6-8-17(22)9-7-16/h3-12,14H,2,13H2,1H3,(H,23,24,25)/b12-5+. The normalized spacial score (nSPS) is 10.9. The third-order valence-electron chi connectivity index (χ3n) is 3.65. The number of benzene rings is 2. The minimum atomic E-state index is -0.224. The minimum absolute atomic E-state index is 0.224. The van der Waals surface area contributed by atoms with Gasteiger partial charge >= 0.3 is 0 Å². The predicted octanol–water partition coefficient (Wildman–Crippen LogP) is 5.90. The van der Waals surface area contributed by atoms with Gasteiger partial charge in [0.2, 0.25) is 5.91 Å². The average molecular weight is 399 g/mol. The Morgan fingerprint density at radius 1 is 1.19 bits per heavy atom. The third-order valence-corrected chi connectivity index (χ3v) is 4.66. The summed E-state index contributed by atoms with van der Waals surface area (Å²) in [5.41, 5.74) is 2.69. The summed E-state index contributed by atoms with van der Waals surface area (Å²) in [5, 5.41) is 5.92. The minimum Gasteiger partial charge on any atom is -0.494 e. The summed E-state index contributed by atoms with van der Waals surface area (Å²) in [6.07, 6.45) is 4.22. The van der Waals surface area contributed by atoms with E-state index in [9.17, 15) is 4.79 Å². The number of aromatic nitrogens is 1. The van der Waals surface area contributed by atoms with Crippen molar-refractivity contribution >= 4 is 40.1 Å². The lowest BCUT2D eigenvalue weighted by atomic mass is 10.2. The molecule has 3 aromatic rings. The fourth-order valence-electron chi connectivity index (χ4n) is 2.30. The Balaban J connectivity index is 1.57. The Morgan fingerprint density at radius 2 is 1.93 bits per heavy atom.